The van der Waals surface area contributed by atoms with E-state index in [2.05, 4.69) is 0 Å². The Kier molecular flexibility index (Phi) is 5.28. The number of rotatable bonds is 6. The van der Waals surface area contributed by atoms with Crippen molar-refractivity contribution >= 4 is 31.2 Å². The fraction of sp³-hybridized carbons (Fsp3) is 0.412. The van der Waals surface area contributed by atoms with Crippen molar-refractivity contribution in [2.24, 2.45) is 0 Å². The summed E-state index contributed by atoms with van der Waals surface area (Å²) in [5, 5.41) is 0. The molecule has 0 radical (unpaired) electrons. The van der Waals surface area contributed by atoms with Gasteiger partial charge in [0.25, 0.3) is 17.7 Å². The van der Waals surface area contributed by atoms with Crippen molar-refractivity contribution < 1.29 is 32.8 Å². The average Bonchev–Trinajstić information content (AvgIpc) is 2.87. The Morgan fingerprint density at radius 3 is 2.22 bits per heavy atom. The van der Waals surface area contributed by atoms with Crippen molar-refractivity contribution in [3.8, 4) is 0 Å². The van der Waals surface area contributed by atoms with E-state index in [-0.39, 0.29) is 30.6 Å². The van der Waals surface area contributed by atoms with E-state index in [0.29, 0.717) is 0 Å². The molecule has 3 rings (SSSR count). The average molecular weight is 394 g/mol. The van der Waals surface area contributed by atoms with Crippen LogP contribution in [-0.4, -0.2) is 59.5 Å². The molecule has 1 fully saturated rings. The number of amides is 4. The largest absolute Gasteiger partial charge is 0.329 e. The van der Waals surface area contributed by atoms with Gasteiger partial charge in [-0.05, 0) is 25.5 Å². The van der Waals surface area contributed by atoms with Crippen LogP contribution in [0.1, 0.15) is 40.5 Å². The van der Waals surface area contributed by atoms with Crippen LogP contribution in [0.4, 0.5) is 0 Å². The van der Waals surface area contributed by atoms with Crippen molar-refractivity contribution in [1.29, 1.82) is 0 Å². The second kappa shape index (κ2) is 7.34. The predicted octanol–water partition coefficient (Wildman–Crippen LogP) is 1.63. The number of carbonyl (C=O) groups is 4. The fourth-order valence-electron chi connectivity index (χ4n) is 3.12. The maximum Gasteiger partial charge on any atom is 0.329 e. The molecule has 2 unspecified atom stereocenters. The summed E-state index contributed by atoms with van der Waals surface area (Å²) in [5.41, 5.74) is 0.453. The van der Waals surface area contributed by atoms with Gasteiger partial charge >= 0.3 is 7.60 Å². The van der Waals surface area contributed by atoms with Gasteiger partial charge in [0.05, 0.1) is 17.7 Å². The third-order valence-corrected chi connectivity index (χ3v) is 5.72. The van der Waals surface area contributed by atoms with E-state index in [1.165, 1.54) is 18.8 Å². The van der Waals surface area contributed by atoms with Gasteiger partial charge < -0.3 is 4.52 Å². The highest BCUT2D eigenvalue weighted by Crippen LogP contribution is 2.43. The molecule has 0 spiro atoms. The van der Waals surface area contributed by atoms with Crippen LogP contribution in [0.2, 0.25) is 0 Å². The lowest BCUT2D eigenvalue weighted by Gasteiger charge is -2.34. The quantitative estimate of drug-likeness (QED) is 0.533. The number of fused-ring (bicyclic) bond motifs is 1. The third-order valence-electron chi connectivity index (χ3n) is 4.41. The molecule has 1 aromatic rings. The number of nitrogens with zero attached hydrogens (tertiary/aromatic N) is 2. The van der Waals surface area contributed by atoms with Crippen molar-refractivity contribution in [2.75, 3.05) is 20.0 Å². The van der Waals surface area contributed by atoms with Crippen LogP contribution in [0, 0.1) is 0 Å². The zero-order valence-corrected chi connectivity index (χ0v) is 15.8. The van der Waals surface area contributed by atoms with Gasteiger partial charge in [-0.2, -0.15) is 0 Å². The van der Waals surface area contributed by atoms with Gasteiger partial charge in [-0.25, -0.2) is 0 Å². The van der Waals surface area contributed by atoms with E-state index in [1.807, 2.05) is 0 Å². The second-order valence-electron chi connectivity index (χ2n) is 6.19. The van der Waals surface area contributed by atoms with E-state index < -0.39 is 44.0 Å². The minimum atomic E-state index is -3.42. The SMILES string of the molecule is CCOP(C)(=O)OCN1C(=O)CCC(N2C(=O)c3ccccc3C2=O)C1=O. The number of likely N-dealkylation sites (tertiary alicyclic amines) is 1. The molecule has 9 nitrogen and oxygen atoms in total. The second-order valence-corrected chi connectivity index (χ2v) is 8.25. The first-order valence-corrected chi connectivity index (χ1v) is 10.4. The molecule has 0 aliphatic carbocycles. The Hall–Kier alpha value is -2.35. The number of imide groups is 2. The van der Waals surface area contributed by atoms with Gasteiger partial charge in [-0.15, -0.1) is 0 Å². The molecule has 1 saturated heterocycles. The van der Waals surface area contributed by atoms with Crippen LogP contribution < -0.4 is 0 Å². The Bertz CT molecular complexity index is 834. The number of benzene rings is 1. The Balaban J connectivity index is 1.79. The first kappa shape index (κ1) is 19.4. The minimum absolute atomic E-state index is 0.0366. The standard InChI is InChI=1S/C17H19N2O7P/c1-3-25-27(2,24)26-10-18-14(20)9-8-13(17(18)23)19-15(21)11-6-4-5-7-12(11)16(19)22/h4-7,13H,3,8-10H2,1-2H3. The van der Waals surface area contributed by atoms with E-state index >= 15 is 0 Å². The summed E-state index contributed by atoms with van der Waals surface area (Å²) >= 11 is 0. The van der Waals surface area contributed by atoms with Crippen LogP contribution in [0.3, 0.4) is 0 Å². The zero-order valence-electron chi connectivity index (χ0n) is 14.9. The van der Waals surface area contributed by atoms with Gasteiger partial charge in [0.2, 0.25) is 5.91 Å². The minimum Gasteiger partial charge on any atom is -0.309 e. The molecule has 0 aromatic heterocycles. The van der Waals surface area contributed by atoms with Crippen LogP contribution >= 0.6 is 7.60 Å². The van der Waals surface area contributed by atoms with Gasteiger partial charge in [-0.3, -0.25) is 38.1 Å². The summed E-state index contributed by atoms with van der Waals surface area (Å²) in [6.07, 6.45) is -0.00922. The van der Waals surface area contributed by atoms with Gasteiger partial charge in [0, 0.05) is 13.1 Å². The van der Waals surface area contributed by atoms with Crippen LogP contribution in [0.25, 0.3) is 0 Å². The monoisotopic (exact) mass is 394 g/mol. The normalized spacial score (nSPS) is 22.2. The zero-order chi connectivity index (χ0) is 19.8. The number of hydrogen-bond donors (Lipinski definition) is 0. The highest BCUT2D eigenvalue weighted by atomic mass is 31.2. The molecule has 144 valence electrons. The molecule has 2 atom stereocenters. The molecule has 0 N–H and O–H groups in total. The molecule has 2 heterocycles. The molecular weight excluding hydrogens is 375 g/mol. The molecule has 2 aliphatic heterocycles. The van der Waals surface area contributed by atoms with Crippen molar-refractivity contribution in [3.63, 3.8) is 0 Å². The predicted molar refractivity (Wildman–Crippen MR) is 92.9 cm³/mol. The highest BCUT2D eigenvalue weighted by molar-refractivity contribution is 7.52. The lowest BCUT2D eigenvalue weighted by atomic mass is 10.0. The topological polar surface area (TPSA) is 110 Å². The molecular formula is C17H19N2O7P. The number of hydrogen-bond acceptors (Lipinski definition) is 7. The van der Waals surface area contributed by atoms with E-state index in [4.69, 9.17) is 9.05 Å². The Labute approximate surface area is 155 Å². The summed E-state index contributed by atoms with van der Waals surface area (Å²) in [7, 11) is -3.42. The van der Waals surface area contributed by atoms with E-state index in [9.17, 15) is 23.7 Å². The first-order valence-electron chi connectivity index (χ1n) is 8.44. The maximum absolute atomic E-state index is 12.8. The summed E-state index contributed by atoms with van der Waals surface area (Å²) in [4.78, 5) is 51.8. The molecule has 1 aromatic carbocycles. The van der Waals surface area contributed by atoms with Gasteiger partial charge in [-0.1, -0.05) is 12.1 Å². The summed E-state index contributed by atoms with van der Waals surface area (Å²) in [6.45, 7) is 2.45. The summed E-state index contributed by atoms with van der Waals surface area (Å²) in [6, 6.07) is 5.19. The van der Waals surface area contributed by atoms with Crippen LogP contribution in [0.15, 0.2) is 24.3 Å². The number of carbonyl (C=O) groups excluding carboxylic acids is 4. The lowest BCUT2D eigenvalue weighted by Crippen LogP contribution is -2.56. The fourth-order valence-corrected chi connectivity index (χ4v) is 3.99. The summed E-state index contributed by atoms with van der Waals surface area (Å²) in [5.74, 6) is -2.40. The maximum atomic E-state index is 12.8. The molecule has 2 aliphatic rings. The van der Waals surface area contributed by atoms with Crippen molar-refractivity contribution in [2.45, 2.75) is 25.8 Å². The van der Waals surface area contributed by atoms with Crippen LogP contribution in [0.5, 0.6) is 0 Å². The van der Waals surface area contributed by atoms with Crippen LogP contribution in [-0.2, 0) is 23.2 Å². The third kappa shape index (κ3) is 3.58. The number of piperidine rings is 1. The molecule has 27 heavy (non-hydrogen) atoms. The van der Waals surface area contributed by atoms with Crippen molar-refractivity contribution in [3.05, 3.63) is 35.4 Å². The van der Waals surface area contributed by atoms with Gasteiger partial charge in [0.15, 0.2) is 0 Å². The molecule has 0 bridgehead atoms. The molecule has 0 saturated carbocycles. The Morgan fingerprint density at radius 1 is 1.07 bits per heavy atom. The molecule has 10 heteroatoms. The highest BCUT2D eigenvalue weighted by Gasteiger charge is 2.47. The molecule has 4 amide bonds. The Morgan fingerprint density at radius 2 is 1.67 bits per heavy atom. The van der Waals surface area contributed by atoms with Crippen molar-refractivity contribution in [1.82, 2.24) is 9.80 Å². The smallest absolute Gasteiger partial charge is 0.309 e. The first-order chi connectivity index (χ1) is 12.8. The van der Waals surface area contributed by atoms with Gasteiger partial charge in [0.1, 0.15) is 12.8 Å². The lowest BCUT2D eigenvalue weighted by molar-refractivity contribution is -0.155. The van der Waals surface area contributed by atoms with E-state index in [0.717, 1.165) is 9.80 Å². The summed E-state index contributed by atoms with van der Waals surface area (Å²) < 4.78 is 22.1. The van der Waals surface area contributed by atoms with E-state index in [1.54, 1.807) is 19.1 Å².